The molecule has 0 unspecified atom stereocenters. The lowest BCUT2D eigenvalue weighted by atomic mass is 10.2. The molecule has 106 valence electrons. The van der Waals surface area contributed by atoms with Crippen molar-refractivity contribution in [1.82, 2.24) is 9.97 Å². The molecule has 0 atom stereocenters. The van der Waals surface area contributed by atoms with Crippen LogP contribution in [-0.4, -0.2) is 9.97 Å². The number of hydrogen-bond acceptors (Lipinski definition) is 4. The third-order valence-corrected chi connectivity index (χ3v) is 2.84. The van der Waals surface area contributed by atoms with Crippen LogP contribution >= 0.6 is 0 Å². The number of aromatic amines is 1. The highest BCUT2D eigenvalue weighted by Gasteiger charge is 2.09. The number of anilines is 1. The molecule has 3 aromatic rings. The number of fused-ring (bicyclic) bond motifs is 1. The van der Waals surface area contributed by atoms with Crippen LogP contribution in [0.5, 0.6) is 11.5 Å². The lowest BCUT2D eigenvalue weighted by Crippen LogP contribution is -2.07. The van der Waals surface area contributed by atoms with Gasteiger partial charge in [0.05, 0.1) is 22.9 Å². The second kappa shape index (κ2) is 4.86. The molecule has 7 heteroatoms. The van der Waals surface area contributed by atoms with Crippen molar-refractivity contribution in [2.75, 3.05) is 5.73 Å². The van der Waals surface area contributed by atoms with Crippen LogP contribution in [0.3, 0.4) is 0 Å². The highest BCUT2D eigenvalue weighted by Crippen LogP contribution is 2.30. The number of aromatic nitrogens is 2. The van der Waals surface area contributed by atoms with E-state index < -0.39 is 11.6 Å². The summed E-state index contributed by atoms with van der Waals surface area (Å²) in [5, 5.41) is 0.299. The zero-order valence-corrected chi connectivity index (χ0v) is 10.6. The first-order chi connectivity index (χ1) is 10.0. The first kappa shape index (κ1) is 13.0. The second-order valence-corrected chi connectivity index (χ2v) is 4.35. The highest BCUT2D eigenvalue weighted by molar-refractivity contribution is 5.84. The number of ether oxygens (including phenoxy) is 1. The van der Waals surface area contributed by atoms with E-state index in [0.717, 1.165) is 18.2 Å². The van der Waals surface area contributed by atoms with E-state index in [9.17, 15) is 13.6 Å². The standard InChI is InChI=1S/C14H9F2N3O2/c15-7-1-8(16)3-9(2-7)21-13-5-12-10(4-11(13)17)14(20)19-6-18-12/h1-6H,17H2,(H,18,19,20). The third-order valence-electron chi connectivity index (χ3n) is 2.84. The predicted octanol–water partition coefficient (Wildman–Crippen LogP) is 2.58. The number of halogens is 2. The maximum atomic E-state index is 13.1. The summed E-state index contributed by atoms with van der Waals surface area (Å²) < 4.78 is 31.6. The lowest BCUT2D eigenvalue weighted by molar-refractivity contribution is 0.471. The lowest BCUT2D eigenvalue weighted by Gasteiger charge is -2.09. The van der Waals surface area contributed by atoms with Crippen molar-refractivity contribution in [3.05, 3.63) is 58.6 Å². The largest absolute Gasteiger partial charge is 0.455 e. The van der Waals surface area contributed by atoms with Gasteiger partial charge in [0.15, 0.2) is 5.75 Å². The highest BCUT2D eigenvalue weighted by atomic mass is 19.1. The molecule has 5 nitrogen and oxygen atoms in total. The minimum absolute atomic E-state index is 0.0385. The molecule has 3 rings (SSSR count). The molecule has 0 saturated carbocycles. The van der Waals surface area contributed by atoms with Gasteiger partial charge in [-0.1, -0.05) is 0 Å². The van der Waals surface area contributed by atoms with Gasteiger partial charge in [-0.15, -0.1) is 0 Å². The summed E-state index contributed by atoms with van der Waals surface area (Å²) in [7, 11) is 0. The summed E-state index contributed by atoms with van der Waals surface area (Å²) in [6.45, 7) is 0. The first-order valence-electron chi connectivity index (χ1n) is 5.94. The van der Waals surface area contributed by atoms with Gasteiger partial charge in [0.2, 0.25) is 0 Å². The van der Waals surface area contributed by atoms with Gasteiger partial charge in [-0.05, 0) is 6.07 Å². The van der Waals surface area contributed by atoms with Crippen LogP contribution in [0, 0.1) is 11.6 Å². The Bertz CT molecular complexity index is 873. The summed E-state index contributed by atoms with van der Waals surface area (Å²) in [6.07, 6.45) is 1.24. The smallest absolute Gasteiger partial charge is 0.258 e. The van der Waals surface area contributed by atoms with Crippen molar-refractivity contribution in [2.45, 2.75) is 0 Å². The van der Waals surface area contributed by atoms with Crippen LogP contribution in [0.25, 0.3) is 10.9 Å². The Morgan fingerprint density at radius 1 is 1.10 bits per heavy atom. The molecule has 0 bridgehead atoms. The number of benzene rings is 2. The van der Waals surface area contributed by atoms with Gasteiger partial charge in [-0.2, -0.15) is 0 Å². The molecule has 0 aliphatic rings. The van der Waals surface area contributed by atoms with Crippen LogP contribution in [0.4, 0.5) is 14.5 Å². The summed E-state index contributed by atoms with van der Waals surface area (Å²) in [5.74, 6) is -1.41. The number of nitrogens with two attached hydrogens (primary N) is 1. The molecule has 0 aliphatic heterocycles. The predicted molar refractivity (Wildman–Crippen MR) is 73.2 cm³/mol. The SMILES string of the molecule is Nc1cc2c(=O)[nH]cnc2cc1Oc1cc(F)cc(F)c1. The van der Waals surface area contributed by atoms with Crippen molar-refractivity contribution in [1.29, 1.82) is 0 Å². The maximum absolute atomic E-state index is 13.1. The van der Waals surface area contributed by atoms with Crippen LogP contribution in [0.15, 0.2) is 41.5 Å². The van der Waals surface area contributed by atoms with Crippen molar-refractivity contribution in [2.24, 2.45) is 0 Å². The van der Waals surface area contributed by atoms with Crippen molar-refractivity contribution in [3.63, 3.8) is 0 Å². The van der Waals surface area contributed by atoms with Gasteiger partial charge in [-0.25, -0.2) is 13.8 Å². The van der Waals surface area contributed by atoms with Gasteiger partial charge in [0.25, 0.3) is 5.56 Å². The summed E-state index contributed by atoms with van der Waals surface area (Å²) >= 11 is 0. The van der Waals surface area contributed by atoms with E-state index in [1.807, 2.05) is 0 Å². The molecule has 0 aliphatic carbocycles. The number of H-pyrrole nitrogens is 1. The Morgan fingerprint density at radius 3 is 2.52 bits per heavy atom. The zero-order chi connectivity index (χ0) is 15.0. The first-order valence-corrected chi connectivity index (χ1v) is 5.94. The molecule has 21 heavy (non-hydrogen) atoms. The summed E-state index contributed by atoms with van der Waals surface area (Å²) in [6, 6.07) is 5.61. The van der Waals surface area contributed by atoms with Crippen molar-refractivity contribution >= 4 is 16.6 Å². The minimum Gasteiger partial charge on any atom is -0.455 e. The van der Waals surface area contributed by atoms with E-state index >= 15 is 0 Å². The Morgan fingerprint density at radius 2 is 1.81 bits per heavy atom. The zero-order valence-electron chi connectivity index (χ0n) is 10.6. The number of nitrogen functional groups attached to an aromatic ring is 1. The van der Waals surface area contributed by atoms with Gasteiger partial charge in [0, 0.05) is 24.3 Å². The second-order valence-electron chi connectivity index (χ2n) is 4.35. The van der Waals surface area contributed by atoms with E-state index in [0.29, 0.717) is 10.9 Å². The Labute approximate surface area is 117 Å². The number of rotatable bonds is 2. The molecule has 0 saturated heterocycles. The maximum Gasteiger partial charge on any atom is 0.258 e. The molecule has 0 spiro atoms. The van der Waals surface area contributed by atoms with E-state index in [1.165, 1.54) is 18.5 Å². The van der Waals surface area contributed by atoms with E-state index in [-0.39, 0.29) is 22.7 Å². The van der Waals surface area contributed by atoms with Crippen LogP contribution in [-0.2, 0) is 0 Å². The van der Waals surface area contributed by atoms with Gasteiger partial charge < -0.3 is 15.5 Å². The molecule has 0 radical (unpaired) electrons. The Hall–Kier alpha value is -2.96. The van der Waals surface area contributed by atoms with Gasteiger partial charge in [-0.3, -0.25) is 4.79 Å². The number of nitrogens with one attached hydrogen (secondary N) is 1. The van der Waals surface area contributed by atoms with Gasteiger partial charge in [0.1, 0.15) is 17.4 Å². The van der Waals surface area contributed by atoms with Crippen LogP contribution < -0.4 is 16.0 Å². The number of nitrogens with zero attached hydrogens (tertiary/aromatic N) is 1. The summed E-state index contributed by atoms with van der Waals surface area (Å²) in [4.78, 5) is 18.0. The molecule has 2 aromatic carbocycles. The average molecular weight is 289 g/mol. The normalized spacial score (nSPS) is 10.8. The Kier molecular flexibility index (Phi) is 3.02. The molecular weight excluding hydrogens is 280 g/mol. The van der Waals surface area contributed by atoms with E-state index in [1.54, 1.807) is 0 Å². The monoisotopic (exact) mass is 289 g/mol. The molecule has 3 N–H and O–H groups in total. The van der Waals surface area contributed by atoms with E-state index in [4.69, 9.17) is 10.5 Å². The fourth-order valence-electron chi connectivity index (χ4n) is 1.92. The van der Waals surface area contributed by atoms with Crippen molar-refractivity contribution < 1.29 is 13.5 Å². The van der Waals surface area contributed by atoms with Gasteiger partial charge >= 0.3 is 0 Å². The molecule has 0 fully saturated rings. The average Bonchev–Trinajstić information content (AvgIpc) is 2.40. The molecular formula is C14H9F2N3O2. The Balaban J connectivity index is 2.08. The minimum atomic E-state index is -0.765. The number of hydrogen-bond donors (Lipinski definition) is 2. The summed E-state index contributed by atoms with van der Waals surface area (Å²) in [5.41, 5.74) is 5.97. The van der Waals surface area contributed by atoms with Crippen molar-refractivity contribution in [3.8, 4) is 11.5 Å². The fourth-order valence-corrected chi connectivity index (χ4v) is 1.92. The van der Waals surface area contributed by atoms with E-state index in [2.05, 4.69) is 9.97 Å². The third kappa shape index (κ3) is 2.53. The molecule has 1 aromatic heterocycles. The quantitative estimate of drug-likeness (QED) is 0.710. The molecule has 0 amide bonds. The fraction of sp³-hybridized carbons (Fsp3) is 0. The van der Waals surface area contributed by atoms with Crippen LogP contribution in [0.1, 0.15) is 0 Å². The van der Waals surface area contributed by atoms with Crippen LogP contribution in [0.2, 0.25) is 0 Å². The topological polar surface area (TPSA) is 81.0 Å². The molecule has 1 heterocycles.